The quantitative estimate of drug-likeness (QED) is 0.707. The Morgan fingerprint density at radius 3 is 2.70 bits per heavy atom. The summed E-state index contributed by atoms with van der Waals surface area (Å²) in [6, 6.07) is 12.0. The van der Waals surface area contributed by atoms with Crippen molar-refractivity contribution < 1.29 is 4.57 Å². The molecule has 0 saturated heterocycles. The average molecular weight is 260 g/mol. The molecule has 0 amide bonds. The molecule has 1 N–H and O–H groups in total. The SMILES string of the molecule is C[n+]1ccc(/C=C/c2c[nH]c3ccc(C#N)cc23)cc1. The Bertz CT molecular complexity index is 818. The number of aromatic amines is 1. The summed E-state index contributed by atoms with van der Waals surface area (Å²) in [5.41, 5.74) is 3.96. The van der Waals surface area contributed by atoms with Crippen LogP contribution >= 0.6 is 0 Å². The predicted molar refractivity (Wildman–Crippen MR) is 79.6 cm³/mol. The van der Waals surface area contributed by atoms with Crippen LogP contribution in [0, 0.1) is 11.3 Å². The van der Waals surface area contributed by atoms with E-state index in [0.29, 0.717) is 5.56 Å². The number of benzene rings is 1. The Hall–Kier alpha value is -2.86. The van der Waals surface area contributed by atoms with E-state index in [1.54, 1.807) is 0 Å². The highest BCUT2D eigenvalue weighted by atomic mass is 14.9. The molecule has 96 valence electrons. The number of H-pyrrole nitrogens is 1. The Labute approximate surface area is 117 Å². The Balaban J connectivity index is 1.98. The molecule has 0 aliphatic heterocycles. The summed E-state index contributed by atoms with van der Waals surface area (Å²) in [5.74, 6) is 0. The lowest BCUT2D eigenvalue weighted by atomic mass is 10.1. The van der Waals surface area contributed by atoms with E-state index in [2.05, 4.69) is 35.3 Å². The van der Waals surface area contributed by atoms with Crippen LogP contribution in [0.1, 0.15) is 16.7 Å². The van der Waals surface area contributed by atoms with Gasteiger partial charge in [-0.05, 0) is 29.3 Å². The van der Waals surface area contributed by atoms with Crippen LogP contribution in [0.2, 0.25) is 0 Å². The minimum Gasteiger partial charge on any atom is -0.361 e. The first-order valence-electron chi connectivity index (χ1n) is 6.41. The van der Waals surface area contributed by atoms with E-state index in [1.165, 1.54) is 0 Å². The molecule has 0 fully saturated rings. The second kappa shape index (κ2) is 5.02. The predicted octanol–water partition coefficient (Wildman–Crippen LogP) is 3.03. The lowest BCUT2D eigenvalue weighted by Gasteiger charge is -1.94. The third-order valence-corrected chi connectivity index (χ3v) is 3.30. The minimum absolute atomic E-state index is 0.679. The van der Waals surface area contributed by atoms with E-state index in [1.807, 2.05) is 48.4 Å². The molecule has 1 aromatic carbocycles. The Kier molecular flexibility index (Phi) is 3.06. The number of nitrogens with zero attached hydrogens (tertiary/aromatic N) is 2. The van der Waals surface area contributed by atoms with E-state index in [-0.39, 0.29) is 0 Å². The molecule has 2 aromatic heterocycles. The third-order valence-electron chi connectivity index (χ3n) is 3.30. The van der Waals surface area contributed by atoms with Crippen molar-refractivity contribution >= 4 is 23.1 Å². The highest BCUT2D eigenvalue weighted by molar-refractivity contribution is 5.92. The van der Waals surface area contributed by atoms with Gasteiger partial charge in [-0.25, -0.2) is 4.57 Å². The zero-order valence-electron chi connectivity index (χ0n) is 11.2. The first-order chi connectivity index (χ1) is 9.76. The molecule has 3 rings (SSSR count). The number of hydrogen-bond acceptors (Lipinski definition) is 1. The van der Waals surface area contributed by atoms with Crippen LogP contribution in [0.15, 0.2) is 48.9 Å². The number of nitrogens with one attached hydrogen (secondary N) is 1. The third kappa shape index (κ3) is 2.32. The summed E-state index contributed by atoms with van der Waals surface area (Å²) in [5, 5.41) is 10.0. The molecule has 0 bridgehead atoms. The van der Waals surface area contributed by atoms with Gasteiger partial charge in [-0.2, -0.15) is 5.26 Å². The molecule has 0 unspecified atom stereocenters. The first kappa shape index (κ1) is 12.2. The molecule has 3 aromatic rings. The maximum atomic E-state index is 8.98. The number of rotatable bonds is 2. The number of pyridine rings is 1. The van der Waals surface area contributed by atoms with Crippen molar-refractivity contribution in [3.63, 3.8) is 0 Å². The highest BCUT2D eigenvalue weighted by Crippen LogP contribution is 2.21. The maximum Gasteiger partial charge on any atom is 0.169 e. The van der Waals surface area contributed by atoms with Crippen molar-refractivity contribution in [2.24, 2.45) is 7.05 Å². The van der Waals surface area contributed by atoms with Gasteiger partial charge in [0, 0.05) is 29.2 Å². The van der Waals surface area contributed by atoms with Gasteiger partial charge in [0.25, 0.3) is 0 Å². The normalized spacial score (nSPS) is 11.0. The largest absolute Gasteiger partial charge is 0.361 e. The molecule has 0 aliphatic rings. The van der Waals surface area contributed by atoms with Gasteiger partial charge in [-0.15, -0.1) is 0 Å². The summed E-state index contributed by atoms with van der Waals surface area (Å²) >= 11 is 0. The van der Waals surface area contributed by atoms with E-state index in [4.69, 9.17) is 5.26 Å². The standard InChI is InChI=1S/C17H13N3/c1-20-8-6-13(7-9-20)2-4-15-12-19-17-5-3-14(11-18)10-16(15)17/h2-10,12H,1H3/p+1. The van der Waals surface area contributed by atoms with E-state index in [0.717, 1.165) is 22.0 Å². The molecule has 2 heterocycles. The zero-order valence-corrected chi connectivity index (χ0v) is 11.2. The molecule has 0 atom stereocenters. The van der Waals surface area contributed by atoms with Crippen molar-refractivity contribution in [1.29, 1.82) is 5.26 Å². The second-order valence-corrected chi connectivity index (χ2v) is 4.75. The van der Waals surface area contributed by atoms with Gasteiger partial charge in [0.1, 0.15) is 7.05 Å². The Morgan fingerprint density at radius 1 is 1.15 bits per heavy atom. The number of hydrogen-bond donors (Lipinski definition) is 1. The molecule has 3 nitrogen and oxygen atoms in total. The van der Waals surface area contributed by atoms with Crippen LogP contribution in [-0.4, -0.2) is 4.98 Å². The molecule has 20 heavy (non-hydrogen) atoms. The van der Waals surface area contributed by atoms with Crippen LogP contribution in [0.3, 0.4) is 0 Å². The second-order valence-electron chi connectivity index (χ2n) is 4.75. The van der Waals surface area contributed by atoms with Gasteiger partial charge in [-0.1, -0.05) is 12.2 Å². The van der Waals surface area contributed by atoms with Gasteiger partial charge in [0.2, 0.25) is 0 Å². The molecule has 0 spiro atoms. The van der Waals surface area contributed by atoms with Crippen molar-refractivity contribution in [2.45, 2.75) is 0 Å². The monoisotopic (exact) mass is 260 g/mol. The van der Waals surface area contributed by atoms with Gasteiger partial charge in [-0.3, -0.25) is 0 Å². The summed E-state index contributed by atoms with van der Waals surface area (Å²) in [4.78, 5) is 3.22. The topological polar surface area (TPSA) is 43.5 Å². The van der Waals surface area contributed by atoms with E-state index >= 15 is 0 Å². The lowest BCUT2D eigenvalue weighted by Crippen LogP contribution is -2.25. The number of aromatic nitrogens is 2. The molecule has 0 aliphatic carbocycles. The molecular weight excluding hydrogens is 246 g/mol. The lowest BCUT2D eigenvalue weighted by molar-refractivity contribution is -0.671. The van der Waals surface area contributed by atoms with Crippen LogP contribution in [0.5, 0.6) is 0 Å². The molecule has 0 saturated carbocycles. The summed E-state index contributed by atoms with van der Waals surface area (Å²) in [6.45, 7) is 0. The summed E-state index contributed by atoms with van der Waals surface area (Å²) < 4.78 is 2.00. The van der Waals surface area contributed by atoms with Crippen LogP contribution in [0.25, 0.3) is 23.1 Å². The van der Waals surface area contributed by atoms with E-state index < -0.39 is 0 Å². The van der Waals surface area contributed by atoms with E-state index in [9.17, 15) is 0 Å². The number of nitriles is 1. The van der Waals surface area contributed by atoms with Crippen molar-refractivity contribution in [1.82, 2.24) is 4.98 Å². The van der Waals surface area contributed by atoms with Crippen LogP contribution in [-0.2, 0) is 7.05 Å². The van der Waals surface area contributed by atoms with Gasteiger partial charge >= 0.3 is 0 Å². The fourth-order valence-corrected chi connectivity index (χ4v) is 2.16. The first-order valence-corrected chi connectivity index (χ1v) is 6.41. The molecule has 3 heteroatoms. The number of aryl methyl sites for hydroxylation is 1. The van der Waals surface area contributed by atoms with Gasteiger partial charge in [0.05, 0.1) is 11.6 Å². The smallest absolute Gasteiger partial charge is 0.169 e. The minimum atomic E-state index is 0.679. The van der Waals surface area contributed by atoms with Crippen molar-refractivity contribution in [3.8, 4) is 6.07 Å². The molecule has 0 radical (unpaired) electrons. The van der Waals surface area contributed by atoms with Crippen molar-refractivity contribution in [3.05, 3.63) is 65.6 Å². The average Bonchev–Trinajstić information content (AvgIpc) is 2.89. The number of fused-ring (bicyclic) bond motifs is 1. The van der Waals surface area contributed by atoms with Crippen molar-refractivity contribution in [2.75, 3.05) is 0 Å². The molecular formula is C17H14N3+. The summed E-state index contributed by atoms with van der Waals surface area (Å²) in [6.07, 6.45) is 10.1. The fraction of sp³-hybridized carbons (Fsp3) is 0.0588. The maximum absolute atomic E-state index is 8.98. The summed E-state index contributed by atoms with van der Waals surface area (Å²) in [7, 11) is 2.00. The Morgan fingerprint density at radius 2 is 1.95 bits per heavy atom. The van der Waals surface area contributed by atoms with Gasteiger partial charge in [0.15, 0.2) is 12.4 Å². The zero-order chi connectivity index (χ0) is 13.9. The van der Waals surface area contributed by atoms with Gasteiger partial charge < -0.3 is 4.98 Å². The highest BCUT2D eigenvalue weighted by Gasteiger charge is 2.02. The van der Waals surface area contributed by atoms with Crippen LogP contribution < -0.4 is 4.57 Å². The fourth-order valence-electron chi connectivity index (χ4n) is 2.16. The van der Waals surface area contributed by atoms with Crippen LogP contribution in [0.4, 0.5) is 0 Å².